The van der Waals surface area contributed by atoms with Crippen molar-refractivity contribution in [2.24, 2.45) is 0 Å². The summed E-state index contributed by atoms with van der Waals surface area (Å²) < 4.78 is 10.7. The van der Waals surface area contributed by atoms with E-state index < -0.39 is 11.2 Å². The first-order valence-electron chi connectivity index (χ1n) is 7.33. The first-order valence-corrected chi connectivity index (χ1v) is 7.33. The number of ether oxygens (including phenoxy) is 2. The van der Waals surface area contributed by atoms with Gasteiger partial charge in [0.25, 0.3) is 0 Å². The molecule has 1 saturated heterocycles. The molecule has 0 saturated carbocycles. The summed E-state index contributed by atoms with van der Waals surface area (Å²) in [6.45, 7) is 12.1. The molecule has 21 heavy (non-hydrogen) atoms. The van der Waals surface area contributed by atoms with Crippen LogP contribution >= 0.6 is 0 Å². The summed E-state index contributed by atoms with van der Waals surface area (Å²) in [6, 6.07) is -0.0348. The van der Waals surface area contributed by atoms with E-state index in [0.717, 1.165) is 6.42 Å². The molecule has 0 spiro atoms. The van der Waals surface area contributed by atoms with E-state index >= 15 is 0 Å². The van der Waals surface area contributed by atoms with E-state index in [-0.39, 0.29) is 18.2 Å². The maximum absolute atomic E-state index is 12.0. The quantitative estimate of drug-likeness (QED) is 0.747. The Labute approximate surface area is 127 Å². The largest absolute Gasteiger partial charge is 0.444 e. The Morgan fingerprint density at radius 3 is 2.05 bits per heavy atom. The molecule has 0 bridgehead atoms. The zero-order valence-corrected chi connectivity index (χ0v) is 14.2. The van der Waals surface area contributed by atoms with Crippen molar-refractivity contribution in [3.05, 3.63) is 0 Å². The van der Waals surface area contributed by atoms with E-state index in [4.69, 9.17) is 9.47 Å². The first-order chi connectivity index (χ1) is 9.39. The van der Waals surface area contributed by atoms with Gasteiger partial charge in [0.2, 0.25) is 0 Å². The van der Waals surface area contributed by atoms with Crippen LogP contribution in [0.15, 0.2) is 0 Å². The van der Waals surface area contributed by atoms with Gasteiger partial charge in [-0.15, -0.1) is 0 Å². The number of likely N-dealkylation sites (tertiary alicyclic amines) is 1. The van der Waals surface area contributed by atoms with Gasteiger partial charge in [-0.1, -0.05) is 0 Å². The Morgan fingerprint density at radius 1 is 1.05 bits per heavy atom. The number of rotatable bonds is 1. The second-order valence-electron chi connectivity index (χ2n) is 7.46. The van der Waals surface area contributed by atoms with Crippen LogP contribution in [0.5, 0.6) is 0 Å². The minimum Gasteiger partial charge on any atom is -0.444 e. The fraction of sp³-hybridized carbons (Fsp3) is 0.867. The molecular formula is C15H28N2O4. The zero-order valence-electron chi connectivity index (χ0n) is 14.2. The van der Waals surface area contributed by atoms with Crippen LogP contribution in [0, 0.1) is 0 Å². The third kappa shape index (κ3) is 5.81. The molecule has 0 aromatic rings. The molecule has 6 nitrogen and oxygen atoms in total. The minimum absolute atomic E-state index is 0.0348. The van der Waals surface area contributed by atoms with Gasteiger partial charge in [-0.05, 0) is 48.0 Å². The monoisotopic (exact) mass is 300 g/mol. The Kier molecular flexibility index (Phi) is 5.12. The van der Waals surface area contributed by atoms with Crippen LogP contribution in [0.4, 0.5) is 9.59 Å². The number of carbonyl (C=O) groups excluding carboxylic acids is 2. The Balaban J connectivity index is 2.54. The number of hydrogen-bond acceptors (Lipinski definition) is 4. The van der Waals surface area contributed by atoms with Crippen molar-refractivity contribution in [1.29, 1.82) is 0 Å². The van der Waals surface area contributed by atoms with E-state index in [1.54, 1.807) is 16.8 Å². The third-order valence-corrected chi connectivity index (χ3v) is 3.04. The van der Waals surface area contributed by atoms with Crippen molar-refractivity contribution in [2.75, 3.05) is 20.1 Å². The van der Waals surface area contributed by atoms with Crippen LogP contribution in [0.25, 0.3) is 0 Å². The van der Waals surface area contributed by atoms with Crippen LogP contribution in [0.1, 0.15) is 48.0 Å². The Hall–Kier alpha value is -1.46. The van der Waals surface area contributed by atoms with Crippen LogP contribution in [0.2, 0.25) is 0 Å². The number of amides is 2. The lowest BCUT2D eigenvalue weighted by Crippen LogP contribution is -2.43. The molecule has 1 rings (SSSR count). The molecule has 2 amide bonds. The average molecular weight is 300 g/mol. The second kappa shape index (κ2) is 6.12. The van der Waals surface area contributed by atoms with Gasteiger partial charge in [0, 0.05) is 20.1 Å². The van der Waals surface area contributed by atoms with Crippen molar-refractivity contribution < 1.29 is 19.1 Å². The molecule has 1 atom stereocenters. The van der Waals surface area contributed by atoms with Gasteiger partial charge in [-0.25, -0.2) is 9.59 Å². The Morgan fingerprint density at radius 2 is 1.57 bits per heavy atom. The lowest BCUT2D eigenvalue weighted by Gasteiger charge is -2.29. The SMILES string of the molecule is CN(C(=O)OC(C)(C)C)C1CCN(C(=O)OC(C)(C)C)C1. The van der Waals surface area contributed by atoms with Gasteiger partial charge in [0.1, 0.15) is 11.2 Å². The maximum atomic E-state index is 12.0. The highest BCUT2D eigenvalue weighted by molar-refractivity contribution is 5.70. The Bertz CT molecular complexity index is 395. The fourth-order valence-corrected chi connectivity index (χ4v) is 2.03. The van der Waals surface area contributed by atoms with Crippen molar-refractivity contribution in [2.45, 2.75) is 65.2 Å². The summed E-state index contributed by atoms with van der Waals surface area (Å²) in [4.78, 5) is 27.2. The smallest absolute Gasteiger partial charge is 0.410 e. The predicted molar refractivity (Wildman–Crippen MR) is 80.2 cm³/mol. The van der Waals surface area contributed by atoms with E-state index in [2.05, 4.69) is 0 Å². The van der Waals surface area contributed by atoms with Crippen LogP contribution in [-0.2, 0) is 9.47 Å². The molecule has 0 aliphatic carbocycles. The van der Waals surface area contributed by atoms with Gasteiger partial charge in [0.05, 0.1) is 6.04 Å². The van der Waals surface area contributed by atoms with E-state index in [0.29, 0.717) is 13.1 Å². The lowest BCUT2D eigenvalue weighted by atomic mass is 10.2. The molecule has 1 unspecified atom stereocenters. The summed E-state index contributed by atoms with van der Waals surface area (Å²) in [5, 5.41) is 0. The highest BCUT2D eigenvalue weighted by atomic mass is 16.6. The first kappa shape index (κ1) is 17.6. The lowest BCUT2D eigenvalue weighted by molar-refractivity contribution is 0.0180. The van der Waals surface area contributed by atoms with Crippen molar-refractivity contribution >= 4 is 12.2 Å². The molecule has 0 aromatic carbocycles. The number of hydrogen-bond donors (Lipinski definition) is 0. The topological polar surface area (TPSA) is 59.1 Å². The number of carbonyl (C=O) groups is 2. The molecular weight excluding hydrogens is 272 g/mol. The fourth-order valence-electron chi connectivity index (χ4n) is 2.03. The van der Waals surface area contributed by atoms with Crippen LogP contribution in [-0.4, -0.2) is 59.4 Å². The summed E-state index contributed by atoms with van der Waals surface area (Å²) >= 11 is 0. The third-order valence-electron chi connectivity index (χ3n) is 3.04. The molecule has 1 aliphatic rings. The molecule has 0 aromatic heterocycles. The van der Waals surface area contributed by atoms with Gasteiger partial charge < -0.3 is 19.3 Å². The molecule has 1 heterocycles. The van der Waals surface area contributed by atoms with Gasteiger partial charge in [-0.2, -0.15) is 0 Å². The van der Waals surface area contributed by atoms with Crippen molar-refractivity contribution in [3.63, 3.8) is 0 Å². The maximum Gasteiger partial charge on any atom is 0.410 e. The summed E-state index contributed by atoms with van der Waals surface area (Å²) in [7, 11) is 1.71. The van der Waals surface area contributed by atoms with E-state index in [9.17, 15) is 9.59 Å². The number of likely N-dealkylation sites (N-methyl/N-ethyl adjacent to an activating group) is 1. The highest BCUT2D eigenvalue weighted by Gasteiger charge is 2.34. The molecule has 122 valence electrons. The average Bonchev–Trinajstić information content (AvgIpc) is 2.72. The van der Waals surface area contributed by atoms with Gasteiger partial charge >= 0.3 is 12.2 Å². The van der Waals surface area contributed by atoms with Gasteiger partial charge in [0.15, 0.2) is 0 Å². The van der Waals surface area contributed by atoms with Crippen molar-refractivity contribution in [1.82, 2.24) is 9.80 Å². The number of nitrogens with zero attached hydrogens (tertiary/aromatic N) is 2. The molecule has 1 fully saturated rings. The summed E-state index contributed by atoms with van der Waals surface area (Å²) in [6.07, 6.45) is 0.0377. The second-order valence-corrected chi connectivity index (χ2v) is 7.46. The van der Waals surface area contributed by atoms with E-state index in [1.165, 1.54) is 0 Å². The molecule has 1 aliphatic heterocycles. The van der Waals surface area contributed by atoms with E-state index in [1.807, 2.05) is 41.5 Å². The summed E-state index contributed by atoms with van der Waals surface area (Å²) in [5.74, 6) is 0. The molecule has 0 radical (unpaired) electrons. The molecule has 6 heteroatoms. The predicted octanol–water partition coefficient (Wildman–Crippen LogP) is 2.86. The summed E-state index contributed by atoms with van der Waals surface area (Å²) in [5.41, 5.74) is -1.03. The van der Waals surface area contributed by atoms with Crippen LogP contribution < -0.4 is 0 Å². The van der Waals surface area contributed by atoms with Crippen molar-refractivity contribution in [3.8, 4) is 0 Å². The van der Waals surface area contributed by atoms with Gasteiger partial charge in [-0.3, -0.25) is 0 Å². The normalized spacial score (nSPS) is 19.4. The highest BCUT2D eigenvalue weighted by Crippen LogP contribution is 2.20. The zero-order chi connectivity index (χ0) is 16.4. The minimum atomic E-state index is -0.519. The van der Waals surface area contributed by atoms with Crippen LogP contribution in [0.3, 0.4) is 0 Å². The molecule has 0 N–H and O–H groups in total. The standard InChI is InChI=1S/C15H28N2O4/c1-14(2,3)20-12(18)16(7)11-8-9-17(10-11)13(19)21-15(4,5)6/h11H,8-10H2,1-7H3.